The zero-order valence-corrected chi connectivity index (χ0v) is 19.1. The SMILES string of the molecule is CN(C)CCCNS(=O)(=O)c1ccc(C2C[C@H]2C(=O)Nc2ccc3cnccc3c2)cc1. The van der Waals surface area contributed by atoms with Gasteiger partial charge in [-0.1, -0.05) is 18.2 Å². The second-order valence-electron chi connectivity index (χ2n) is 8.50. The van der Waals surface area contributed by atoms with E-state index >= 15 is 0 Å². The molecule has 1 aromatic heterocycles. The lowest BCUT2D eigenvalue weighted by molar-refractivity contribution is -0.117. The molecule has 1 heterocycles. The average Bonchev–Trinajstić information content (AvgIpc) is 3.58. The number of amides is 1. The Balaban J connectivity index is 1.33. The van der Waals surface area contributed by atoms with E-state index < -0.39 is 10.0 Å². The summed E-state index contributed by atoms with van der Waals surface area (Å²) in [4.78, 5) is 19.0. The summed E-state index contributed by atoms with van der Waals surface area (Å²) in [5, 5.41) is 5.05. The van der Waals surface area contributed by atoms with Gasteiger partial charge >= 0.3 is 0 Å². The van der Waals surface area contributed by atoms with Crippen molar-refractivity contribution in [2.45, 2.75) is 23.7 Å². The number of rotatable bonds is 9. The van der Waals surface area contributed by atoms with Crippen LogP contribution in [0.2, 0.25) is 0 Å². The lowest BCUT2D eigenvalue weighted by Gasteiger charge is -2.11. The lowest BCUT2D eigenvalue weighted by atomic mass is 10.1. The first-order valence-corrected chi connectivity index (χ1v) is 12.2. The van der Waals surface area contributed by atoms with E-state index in [1.807, 2.05) is 55.4 Å². The Labute approximate surface area is 188 Å². The van der Waals surface area contributed by atoms with Crippen LogP contribution in [0.3, 0.4) is 0 Å². The topological polar surface area (TPSA) is 91.4 Å². The van der Waals surface area contributed by atoms with Gasteiger partial charge in [-0.25, -0.2) is 13.1 Å². The monoisotopic (exact) mass is 452 g/mol. The third-order valence-corrected chi connectivity index (χ3v) is 7.20. The van der Waals surface area contributed by atoms with Gasteiger partial charge in [0.05, 0.1) is 4.90 Å². The van der Waals surface area contributed by atoms with Crippen LogP contribution in [0.5, 0.6) is 0 Å². The molecular formula is C24H28N4O3S. The van der Waals surface area contributed by atoms with Gasteiger partial charge in [-0.15, -0.1) is 0 Å². The molecule has 1 aliphatic carbocycles. The number of hydrogen-bond donors (Lipinski definition) is 2. The van der Waals surface area contributed by atoms with E-state index in [9.17, 15) is 13.2 Å². The van der Waals surface area contributed by atoms with E-state index in [1.165, 1.54) is 0 Å². The van der Waals surface area contributed by atoms with Crippen molar-refractivity contribution in [2.75, 3.05) is 32.5 Å². The molecule has 2 N–H and O–H groups in total. The molecule has 0 spiro atoms. The van der Waals surface area contributed by atoms with E-state index in [-0.39, 0.29) is 22.6 Å². The number of carbonyl (C=O) groups excluding carboxylic acids is 1. The molecule has 168 valence electrons. The maximum Gasteiger partial charge on any atom is 0.240 e. The molecule has 7 nitrogen and oxygen atoms in total. The van der Waals surface area contributed by atoms with Crippen LogP contribution in [-0.4, -0.2) is 51.4 Å². The van der Waals surface area contributed by atoms with Gasteiger partial charge in [-0.05, 0) is 80.7 Å². The highest BCUT2D eigenvalue weighted by Gasteiger charge is 2.44. The quantitative estimate of drug-likeness (QED) is 0.487. The largest absolute Gasteiger partial charge is 0.326 e. The number of nitrogens with one attached hydrogen (secondary N) is 2. The zero-order valence-electron chi connectivity index (χ0n) is 18.3. The number of anilines is 1. The Hall–Kier alpha value is -2.81. The summed E-state index contributed by atoms with van der Waals surface area (Å²) < 4.78 is 27.5. The fourth-order valence-corrected chi connectivity index (χ4v) is 4.90. The normalized spacial score (nSPS) is 18.1. The Morgan fingerprint density at radius 3 is 2.62 bits per heavy atom. The molecule has 2 aromatic carbocycles. The minimum Gasteiger partial charge on any atom is -0.326 e. The fraction of sp³-hybridized carbons (Fsp3) is 0.333. The second-order valence-corrected chi connectivity index (χ2v) is 10.3. The van der Waals surface area contributed by atoms with Crippen molar-refractivity contribution in [3.8, 4) is 0 Å². The summed E-state index contributed by atoms with van der Waals surface area (Å²) in [6.45, 7) is 1.22. The fourth-order valence-electron chi connectivity index (χ4n) is 3.83. The number of fused-ring (bicyclic) bond motifs is 1. The van der Waals surface area contributed by atoms with E-state index in [1.54, 1.807) is 24.5 Å². The maximum atomic E-state index is 12.7. The summed E-state index contributed by atoms with van der Waals surface area (Å²) in [5.74, 6) is 0.00174. The second kappa shape index (κ2) is 9.36. The first-order valence-electron chi connectivity index (χ1n) is 10.7. The Morgan fingerprint density at radius 1 is 1.09 bits per heavy atom. The van der Waals surface area contributed by atoms with Gasteiger partial charge in [0.2, 0.25) is 15.9 Å². The molecule has 0 bridgehead atoms. The van der Waals surface area contributed by atoms with Crippen molar-refractivity contribution in [2.24, 2.45) is 5.92 Å². The van der Waals surface area contributed by atoms with Crippen LogP contribution in [0.4, 0.5) is 5.69 Å². The molecule has 0 saturated heterocycles. The van der Waals surface area contributed by atoms with Crippen LogP contribution in [0, 0.1) is 5.92 Å². The van der Waals surface area contributed by atoms with Gasteiger partial charge in [0, 0.05) is 35.9 Å². The van der Waals surface area contributed by atoms with Crippen LogP contribution in [0.1, 0.15) is 24.3 Å². The van der Waals surface area contributed by atoms with Crippen LogP contribution >= 0.6 is 0 Å². The van der Waals surface area contributed by atoms with Gasteiger partial charge in [0.25, 0.3) is 0 Å². The van der Waals surface area contributed by atoms with Crippen LogP contribution in [0.25, 0.3) is 10.8 Å². The highest BCUT2D eigenvalue weighted by Crippen LogP contribution is 2.48. The van der Waals surface area contributed by atoms with Gasteiger partial charge in [-0.3, -0.25) is 9.78 Å². The maximum absolute atomic E-state index is 12.7. The zero-order chi connectivity index (χ0) is 22.7. The first kappa shape index (κ1) is 22.4. The standard InChI is InChI=1S/C24H28N4O3S/c1-28(2)13-3-11-26-32(30,31)21-8-5-17(6-9-21)22-15-23(22)24(29)27-20-7-4-19-16-25-12-10-18(19)14-20/h4-10,12,14,16,22-23,26H,3,11,13,15H2,1-2H3,(H,27,29)/t22?,23-/m1/s1. The molecule has 8 heteroatoms. The van der Waals surface area contributed by atoms with Gasteiger partial charge in [0.15, 0.2) is 0 Å². The highest BCUT2D eigenvalue weighted by atomic mass is 32.2. The van der Waals surface area contributed by atoms with Crippen molar-refractivity contribution < 1.29 is 13.2 Å². The molecule has 0 aliphatic heterocycles. The van der Waals surface area contributed by atoms with Gasteiger partial charge < -0.3 is 10.2 Å². The Bertz CT molecular complexity index is 1210. The summed E-state index contributed by atoms with van der Waals surface area (Å²) in [6.07, 6.45) is 5.03. The lowest BCUT2D eigenvalue weighted by Crippen LogP contribution is -2.27. The molecular weight excluding hydrogens is 424 g/mol. The van der Waals surface area contributed by atoms with Gasteiger partial charge in [-0.2, -0.15) is 0 Å². The number of hydrogen-bond acceptors (Lipinski definition) is 5. The molecule has 1 fully saturated rings. The predicted molar refractivity (Wildman–Crippen MR) is 126 cm³/mol. The number of aromatic nitrogens is 1. The summed E-state index contributed by atoms with van der Waals surface area (Å²) in [7, 11) is 0.392. The summed E-state index contributed by atoms with van der Waals surface area (Å²) >= 11 is 0. The Morgan fingerprint density at radius 2 is 1.88 bits per heavy atom. The van der Waals surface area contributed by atoms with Crippen molar-refractivity contribution in [1.82, 2.24) is 14.6 Å². The van der Waals surface area contributed by atoms with E-state index in [2.05, 4.69) is 15.0 Å². The molecule has 2 atom stereocenters. The van der Waals surface area contributed by atoms with Gasteiger partial charge in [0.1, 0.15) is 0 Å². The minimum atomic E-state index is -3.52. The smallest absolute Gasteiger partial charge is 0.240 e. The van der Waals surface area contributed by atoms with Crippen molar-refractivity contribution in [1.29, 1.82) is 0 Å². The highest BCUT2D eigenvalue weighted by molar-refractivity contribution is 7.89. The Kier molecular flexibility index (Phi) is 6.55. The molecule has 32 heavy (non-hydrogen) atoms. The molecule has 1 unspecified atom stereocenters. The molecule has 1 saturated carbocycles. The number of nitrogens with zero attached hydrogens (tertiary/aromatic N) is 2. The molecule has 4 rings (SSSR count). The average molecular weight is 453 g/mol. The van der Waals surface area contributed by atoms with E-state index in [4.69, 9.17) is 0 Å². The molecule has 1 aliphatic rings. The first-order chi connectivity index (χ1) is 15.3. The summed E-state index contributed by atoms with van der Waals surface area (Å²) in [5.41, 5.74) is 1.75. The van der Waals surface area contributed by atoms with Crippen molar-refractivity contribution in [3.05, 3.63) is 66.5 Å². The molecule has 1 amide bonds. The number of sulfonamides is 1. The predicted octanol–water partition coefficient (Wildman–Crippen LogP) is 3.21. The number of pyridine rings is 1. The van der Waals surface area contributed by atoms with E-state index in [0.717, 1.165) is 41.4 Å². The number of benzene rings is 2. The summed E-state index contributed by atoms with van der Waals surface area (Å²) in [6, 6.07) is 14.5. The number of carbonyl (C=O) groups is 1. The minimum absolute atomic E-state index is 0.0114. The third kappa shape index (κ3) is 5.32. The van der Waals surface area contributed by atoms with Crippen molar-refractivity contribution >= 4 is 32.4 Å². The third-order valence-electron chi connectivity index (χ3n) is 5.73. The molecule has 3 aromatic rings. The van der Waals surface area contributed by atoms with Crippen LogP contribution in [0.15, 0.2) is 65.8 Å². The van der Waals surface area contributed by atoms with Crippen LogP contribution < -0.4 is 10.0 Å². The van der Waals surface area contributed by atoms with Crippen LogP contribution in [-0.2, 0) is 14.8 Å². The molecule has 0 radical (unpaired) electrons. The van der Waals surface area contributed by atoms with Crippen molar-refractivity contribution in [3.63, 3.8) is 0 Å². The van der Waals surface area contributed by atoms with E-state index in [0.29, 0.717) is 6.54 Å².